The third-order valence-electron chi connectivity index (χ3n) is 4.46. The van der Waals surface area contributed by atoms with E-state index in [1.807, 2.05) is 0 Å². The van der Waals surface area contributed by atoms with Crippen LogP contribution in [-0.4, -0.2) is 22.6 Å². The molecule has 4 heteroatoms. The van der Waals surface area contributed by atoms with Crippen LogP contribution >= 0.6 is 0 Å². The summed E-state index contributed by atoms with van der Waals surface area (Å²) in [6, 6.07) is 0.675. The van der Waals surface area contributed by atoms with Gasteiger partial charge in [0.15, 0.2) is 5.82 Å². The maximum atomic E-state index is 5.80. The van der Waals surface area contributed by atoms with Gasteiger partial charge in [0.25, 0.3) is 0 Å². The highest BCUT2D eigenvalue weighted by molar-refractivity contribution is 5.45. The number of piperidine rings is 1. The summed E-state index contributed by atoms with van der Waals surface area (Å²) in [6.45, 7) is 1.60. The van der Waals surface area contributed by atoms with Crippen molar-refractivity contribution in [1.82, 2.24) is 9.97 Å². The van der Waals surface area contributed by atoms with Gasteiger partial charge in [0, 0.05) is 31.5 Å². The van der Waals surface area contributed by atoms with Crippen LogP contribution in [-0.2, 0) is 6.54 Å². The van der Waals surface area contributed by atoms with Gasteiger partial charge in [-0.3, -0.25) is 4.98 Å². The van der Waals surface area contributed by atoms with E-state index >= 15 is 0 Å². The summed E-state index contributed by atoms with van der Waals surface area (Å²) >= 11 is 0. The van der Waals surface area contributed by atoms with Crippen LogP contribution in [0, 0.1) is 5.92 Å². The van der Waals surface area contributed by atoms with E-state index in [9.17, 15) is 0 Å². The van der Waals surface area contributed by atoms with Crippen LogP contribution in [0.1, 0.15) is 44.2 Å². The van der Waals surface area contributed by atoms with E-state index in [4.69, 9.17) is 5.73 Å². The van der Waals surface area contributed by atoms with Gasteiger partial charge >= 0.3 is 0 Å². The second kappa shape index (κ2) is 5.22. The van der Waals surface area contributed by atoms with E-state index in [1.54, 1.807) is 12.4 Å². The quantitative estimate of drug-likeness (QED) is 0.868. The number of aromatic nitrogens is 2. The normalized spacial score (nSPS) is 27.9. The third-order valence-corrected chi connectivity index (χ3v) is 4.46. The number of nitrogens with zero attached hydrogens (tertiary/aromatic N) is 3. The molecule has 0 spiro atoms. The number of nitrogens with two attached hydrogens (primary N) is 1. The molecule has 2 fully saturated rings. The highest BCUT2D eigenvalue weighted by atomic mass is 15.2. The predicted octanol–water partition coefficient (Wildman–Crippen LogP) is 2.09. The Balaban J connectivity index is 1.89. The molecule has 0 amide bonds. The minimum atomic E-state index is 0.483. The average Bonchev–Trinajstić information content (AvgIpc) is 2.46. The zero-order valence-corrected chi connectivity index (χ0v) is 10.9. The molecule has 4 nitrogen and oxygen atoms in total. The number of fused-ring (bicyclic) bond motifs is 1. The van der Waals surface area contributed by atoms with Crippen molar-refractivity contribution in [2.24, 2.45) is 11.7 Å². The Morgan fingerprint density at radius 1 is 1.11 bits per heavy atom. The Morgan fingerprint density at radius 2 is 1.89 bits per heavy atom. The summed E-state index contributed by atoms with van der Waals surface area (Å²) < 4.78 is 0. The van der Waals surface area contributed by atoms with Gasteiger partial charge in [-0.1, -0.05) is 12.8 Å². The monoisotopic (exact) mass is 246 g/mol. The van der Waals surface area contributed by atoms with Crippen LogP contribution in [0.25, 0.3) is 0 Å². The summed E-state index contributed by atoms with van der Waals surface area (Å²) in [6.07, 6.45) is 11.7. The zero-order valence-electron chi connectivity index (χ0n) is 10.9. The first-order valence-corrected chi connectivity index (χ1v) is 7.16. The van der Waals surface area contributed by atoms with E-state index in [-0.39, 0.29) is 0 Å². The molecule has 0 unspecified atom stereocenters. The fourth-order valence-corrected chi connectivity index (χ4v) is 3.63. The van der Waals surface area contributed by atoms with Gasteiger partial charge < -0.3 is 10.6 Å². The molecule has 2 atom stereocenters. The molecule has 0 bridgehead atoms. The zero-order chi connectivity index (χ0) is 12.4. The molecule has 2 aliphatic rings. The highest BCUT2D eigenvalue weighted by Gasteiger charge is 2.34. The van der Waals surface area contributed by atoms with Crippen LogP contribution in [0.3, 0.4) is 0 Å². The lowest BCUT2D eigenvalue weighted by Gasteiger charge is -2.45. The number of rotatable bonds is 2. The van der Waals surface area contributed by atoms with Gasteiger partial charge in [-0.05, 0) is 31.6 Å². The van der Waals surface area contributed by atoms with E-state index in [2.05, 4.69) is 14.9 Å². The minimum absolute atomic E-state index is 0.483. The summed E-state index contributed by atoms with van der Waals surface area (Å²) in [5.41, 5.74) is 6.74. The molecule has 1 aromatic heterocycles. The molecule has 0 radical (unpaired) electrons. The summed E-state index contributed by atoms with van der Waals surface area (Å²) in [7, 11) is 0. The summed E-state index contributed by atoms with van der Waals surface area (Å²) in [5.74, 6) is 1.90. The van der Waals surface area contributed by atoms with Crippen LogP contribution in [0.4, 0.5) is 5.82 Å². The standard InChI is InChI=1S/C14H22N4/c15-10-12-14(17-8-7-16-12)18-9-3-5-11-4-1-2-6-13(11)18/h7-8,11,13H,1-6,9-10,15H2/t11-,13-/m1/s1. The molecular weight excluding hydrogens is 224 g/mol. The number of hydrogen-bond donors (Lipinski definition) is 1. The summed E-state index contributed by atoms with van der Waals surface area (Å²) in [5, 5.41) is 0. The molecule has 1 aliphatic carbocycles. The summed E-state index contributed by atoms with van der Waals surface area (Å²) in [4.78, 5) is 11.4. The molecule has 3 rings (SSSR count). The van der Waals surface area contributed by atoms with Crippen molar-refractivity contribution in [2.75, 3.05) is 11.4 Å². The molecule has 2 N–H and O–H groups in total. The second-order valence-electron chi connectivity index (χ2n) is 5.48. The Bertz CT molecular complexity index is 405. The minimum Gasteiger partial charge on any atom is -0.352 e. The molecule has 18 heavy (non-hydrogen) atoms. The van der Waals surface area contributed by atoms with E-state index in [0.717, 1.165) is 24.0 Å². The first-order chi connectivity index (χ1) is 8.90. The third kappa shape index (κ3) is 2.09. The Morgan fingerprint density at radius 3 is 2.78 bits per heavy atom. The molecule has 1 saturated heterocycles. The molecule has 98 valence electrons. The molecule has 1 aromatic rings. The molecule has 1 aliphatic heterocycles. The van der Waals surface area contributed by atoms with E-state index in [0.29, 0.717) is 12.6 Å². The van der Waals surface area contributed by atoms with Gasteiger partial charge in [-0.25, -0.2) is 4.98 Å². The maximum absolute atomic E-state index is 5.80. The van der Waals surface area contributed by atoms with Gasteiger partial charge in [0.1, 0.15) is 0 Å². The highest BCUT2D eigenvalue weighted by Crippen LogP contribution is 2.37. The lowest BCUT2D eigenvalue weighted by Crippen LogP contribution is -2.47. The van der Waals surface area contributed by atoms with Gasteiger partial charge in [-0.15, -0.1) is 0 Å². The smallest absolute Gasteiger partial charge is 0.151 e. The molecule has 1 saturated carbocycles. The van der Waals surface area contributed by atoms with Crippen LogP contribution in [0.5, 0.6) is 0 Å². The number of hydrogen-bond acceptors (Lipinski definition) is 4. The maximum Gasteiger partial charge on any atom is 0.151 e. The molecule has 0 aromatic carbocycles. The Kier molecular flexibility index (Phi) is 3.46. The van der Waals surface area contributed by atoms with E-state index < -0.39 is 0 Å². The van der Waals surface area contributed by atoms with Crippen LogP contribution < -0.4 is 10.6 Å². The lowest BCUT2D eigenvalue weighted by molar-refractivity contribution is 0.242. The van der Waals surface area contributed by atoms with Crippen molar-refractivity contribution in [3.63, 3.8) is 0 Å². The Labute approximate surface area is 109 Å². The van der Waals surface area contributed by atoms with Crippen LogP contribution in [0.15, 0.2) is 12.4 Å². The topological polar surface area (TPSA) is 55.0 Å². The molecular formula is C14H22N4. The van der Waals surface area contributed by atoms with Crippen molar-refractivity contribution in [3.8, 4) is 0 Å². The SMILES string of the molecule is NCc1nccnc1N1CCC[C@H]2CCCC[C@H]21. The first-order valence-electron chi connectivity index (χ1n) is 7.16. The Hall–Kier alpha value is -1.16. The van der Waals surface area contributed by atoms with Gasteiger partial charge in [-0.2, -0.15) is 0 Å². The van der Waals surface area contributed by atoms with Gasteiger partial charge in [0.2, 0.25) is 0 Å². The van der Waals surface area contributed by atoms with Crippen molar-refractivity contribution in [2.45, 2.75) is 51.1 Å². The van der Waals surface area contributed by atoms with Crippen molar-refractivity contribution >= 4 is 5.82 Å². The first kappa shape index (κ1) is 11.9. The largest absolute Gasteiger partial charge is 0.352 e. The van der Waals surface area contributed by atoms with Crippen molar-refractivity contribution in [3.05, 3.63) is 18.1 Å². The average molecular weight is 246 g/mol. The predicted molar refractivity (Wildman–Crippen MR) is 72.2 cm³/mol. The number of anilines is 1. The van der Waals surface area contributed by atoms with E-state index in [1.165, 1.54) is 38.5 Å². The lowest BCUT2D eigenvalue weighted by atomic mass is 9.78. The second-order valence-corrected chi connectivity index (χ2v) is 5.48. The molecule has 2 heterocycles. The fourth-order valence-electron chi connectivity index (χ4n) is 3.63. The fraction of sp³-hybridized carbons (Fsp3) is 0.714. The van der Waals surface area contributed by atoms with Crippen molar-refractivity contribution in [1.29, 1.82) is 0 Å². The van der Waals surface area contributed by atoms with Crippen molar-refractivity contribution < 1.29 is 0 Å². The van der Waals surface area contributed by atoms with Gasteiger partial charge in [0.05, 0.1) is 5.69 Å². The van der Waals surface area contributed by atoms with Crippen LogP contribution in [0.2, 0.25) is 0 Å².